The van der Waals surface area contributed by atoms with Crippen molar-refractivity contribution in [2.45, 2.75) is 0 Å². The van der Waals surface area contributed by atoms with Crippen LogP contribution in [0.2, 0.25) is 0 Å². The van der Waals surface area contributed by atoms with Crippen molar-refractivity contribution in [3.63, 3.8) is 0 Å². The van der Waals surface area contributed by atoms with Gasteiger partial charge in [0.2, 0.25) is 5.96 Å². The van der Waals surface area contributed by atoms with Crippen molar-refractivity contribution in [3.05, 3.63) is 23.0 Å². The molecule has 0 radical (unpaired) electrons. The highest BCUT2D eigenvalue weighted by atomic mass is 35.5. The van der Waals surface area contributed by atoms with Gasteiger partial charge in [0.05, 0.1) is 0 Å². The van der Waals surface area contributed by atoms with Gasteiger partial charge in [0, 0.05) is 17.2 Å². The molecule has 5 nitrogen and oxygen atoms in total. The Kier molecular flexibility index (Phi) is 3.04. The van der Waals surface area contributed by atoms with Gasteiger partial charge in [-0.2, -0.15) is 9.98 Å². The molecule has 0 atom stereocenters. The normalized spacial score (nSPS) is 21.2. The molecule has 3 aliphatic rings. The first-order valence-corrected chi connectivity index (χ1v) is 7.86. The molecule has 0 bridgehead atoms. The van der Waals surface area contributed by atoms with Crippen LogP contribution in [0.4, 0.5) is 0 Å². The van der Waals surface area contributed by atoms with Crippen LogP contribution in [0.1, 0.15) is 0 Å². The fraction of sp³-hybridized carbons (Fsp3) is 0.200. The average molecular weight is 298 g/mol. The Hall–Kier alpha value is -1.05. The van der Waals surface area contributed by atoms with Crippen molar-refractivity contribution in [1.29, 1.82) is 0 Å². The van der Waals surface area contributed by atoms with Crippen LogP contribution in [0.3, 0.4) is 0 Å². The highest BCUT2D eigenvalue weighted by Crippen LogP contribution is 2.28. The number of hydrogen-bond donors (Lipinski definition) is 0. The third-order valence-corrected chi connectivity index (χ3v) is 3.68. The summed E-state index contributed by atoms with van der Waals surface area (Å²) in [7, 11) is 0. The maximum Gasteiger partial charge on any atom is 0.242 e. The highest BCUT2D eigenvalue weighted by Gasteiger charge is 2.31. The molecule has 8 heteroatoms. The molecular weight excluding hydrogens is 290 g/mol. The van der Waals surface area contributed by atoms with Crippen molar-refractivity contribution in [2.24, 2.45) is 20.0 Å². The van der Waals surface area contributed by atoms with E-state index in [0.717, 1.165) is 0 Å². The molecule has 0 amide bonds. The Morgan fingerprint density at radius 3 is 2.44 bits per heavy atom. The van der Waals surface area contributed by atoms with E-state index in [-0.39, 0.29) is 0 Å². The minimum atomic E-state index is 0.593. The van der Waals surface area contributed by atoms with Crippen molar-refractivity contribution >= 4 is 57.3 Å². The summed E-state index contributed by atoms with van der Waals surface area (Å²) in [4.78, 5) is 19.4. The standard InChI is InChI=1S/C10H8ClN5S2/c1-17-9-12-6-3-5(11)4-7-13-10(18-2)15-8(14-9)16(6)7/h3-4H,1-2H3. The van der Waals surface area contributed by atoms with Gasteiger partial charge in [-0.1, -0.05) is 35.1 Å². The van der Waals surface area contributed by atoms with Crippen LogP contribution in [0, 0.1) is 0 Å². The lowest BCUT2D eigenvalue weighted by Crippen LogP contribution is -2.41. The third-order valence-electron chi connectivity index (χ3n) is 2.37. The van der Waals surface area contributed by atoms with E-state index in [1.807, 2.05) is 12.5 Å². The number of aliphatic imine (C=N–C) groups is 4. The molecule has 92 valence electrons. The van der Waals surface area contributed by atoms with E-state index in [4.69, 9.17) is 11.6 Å². The van der Waals surface area contributed by atoms with Gasteiger partial charge in [-0.15, -0.1) is 0 Å². The molecule has 0 unspecified atom stereocenters. The molecule has 0 saturated heterocycles. The number of thioether (sulfide) groups is 2. The van der Waals surface area contributed by atoms with E-state index in [0.29, 0.717) is 33.0 Å². The first kappa shape index (κ1) is 12.0. The van der Waals surface area contributed by atoms with Crippen LogP contribution in [-0.2, 0) is 0 Å². The first-order chi connectivity index (χ1) is 8.71. The number of nitrogens with zero attached hydrogens (tertiary/aromatic N) is 5. The number of rotatable bonds is 0. The van der Waals surface area contributed by atoms with E-state index in [1.54, 1.807) is 17.1 Å². The minimum Gasteiger partial charge on any atom is -0.246 e. The van der Waals surface area contributed by atoms with E-state index < -0.39 is 0 Å². The summed E-state index contributed by atoms with van der Waals surface area (Å²) in [5.74, 6) is 2.01. The maximum atomic E-state index is 6.08. The summed E-state index contributed by atoms with van der Waals surface area (Å²) in [6, 6.07) is 0. The van der Waals surface area contributed by atoms with Gasteiger partial charge in [0.25, 0.3) is 0 Å². The monoisotopic (exact) mass is 297 g/mol. The topological polar surface area (TPSA) is 52.7 Å². The van der Waals surface area contributed by atoms with Crippen molar-refractivity contribution in [3.8, 4) is 0 Å². The van der Waals surface area contributed by atoms with Crippen LogP contribution < -0.4 is 0 Å². The molecule has 3 rings (SSSR count). The summed E-state index contributed by atoms with van der Waals surface area (Å²) < 4.78 is 0. The SMILES string of the molecule is CSC1=NC2=CC(Cl)=CC3=NC(SC)=NC(=N1)N23. The lowest BCUT2D eigenvalue weighted by Gasteiger charge is -2.31. The fourth-order valence-corrected chi connectivity index (χ4v) is 2.54. The summed E-state index contributed by atoms with van der Waals surface area (Å²) in [6.45, 7) is 0. The van der Waals surface area contributed by atoms with Gasteiger partial charge >= 0.3 is 0 Å². The third kappa shape index (κ3) is 1.92. The summed E-state index contributed by atoms with van der Waals surface area (Å²) in [5, 5.41) is 1.95. The summed E-state index contributed by atoms with van der Waals surface area (Å²) in [5.41, 5.74) is 0. The predicted molar refractivity (Wildman–Crippen MR) is 80.6 cm³/mol. The molecule has 18 heavy (non-hydrogen) atoms. The van der Waals surface area contributed by atoms with Gasteiger partial charge in [0.1, 0.15) is 11.7 Å². The molecule has 0 aromatic rings. The number of amidine groups is 3. The Morgan fingerprint density at radius 1 is 1.00 bits per heavy atom. The molecule has 3 aliphatic heterocycles. The molecule has 3 heterocycles. The number of halogens is 1. The van der Waals surface area contributed by atoms with Gasteiger partial charge in [0.15, 0.2) is 10.3 Å². The molecule has 0 aromatic heterocycles. The lowest BCUT2D eigenvalue weighted by atomic mass is 10.3. The van der Waals surface area contributed by atoms with Gasteiger partial charge in [-0.05, 0) is 12.5 Å². The first-order valence-electron chi connectivity index (χ1n) is 5.03. The zero-order chi connectivity index (χ0) is 12.7. The number of hydrogen-bond acceptors (Lipinski definition) is 7. The lowest BCUT2D eigenvalue weighted by molar-refractivity contribution is 0.713. The molecule has 0 saturated carbocycles. The van der Waals surface area contributed by atoms with Crippen LogP contribution in [-0.4, -0.2) is 39.5 Å². The fourth-order valence-electron chi connectivity index (χ4n) is 1.63. The zero-order valence-corrected chi connectivity index (χ0v) is 12.0. The van der Waals surface area contributed by atoms with Crippen molar-refractivity contribution in [1.82, 2.24) is 4.90 Å². The van der Waals surface area contributed by atoms with E-state index in [1.165, 1.54) is 23.5 Å². The second kappa shape index (κ2) is 4.56. The molecule has 0 aliphatic carbocycles. The Balaban J connectivity index is 2.17. The van der Waals surface area contributed by atoms with Crippen LogP contribution in [0.25, 0.3) is 0 Å². The van der Waals surface area contributed by atoms with Gasteiger partial charge < -0.3 is 0 Å². The van der Waals surface area contributed by atoms with Gasteiger partial charge in [-0.25, -0.2) is 14.9 Å². The van der Waals surface area contributed by atoms with Crippen molar-refractivity contribution < 1.29 is 0 Å². The Labute approximate surface area is 118 Å². The minimum absolute atomic E-state index is 0.593. The van der Waals surface area contributed by atoms with E-state index in [9.17, 15) is 0 Å². The predicted octanol–water partition coefficient (Wildman–Crippen LogP) is 2.49. The quantitative estimate of drug-likeness (QED) is 0.690. The Bertz CT molecular complexity index is 595. The number of allylic oxidation sites excluding steroid dienone is 2. The average Bonchev–Trinajstić information content (AvgIpc) is 2.37. The maximum absolute atomic E-state index is 6.08. The molecular formula is C10H8ClN5S2. The van der Waals surface area contributed by atoms with Crippen LogP contribution in [0.5, 0.6) is 0 Å². The van der Waals surface area contributed by atoms with Crippen LogP contribution in [0.15, 0.2) is 43.0 Å². The van der Waals surface area contributed by atoms with Crippen molar-refractivity contribution in [2.75, 3.05) is 12.5 Å². The molecule has 0 fully saturated rings. The largest absolute Gasteiger partial charge is 0.246 e. The smallest absolute Gasteiger partial charge is 0.242 e. The Morgan fingerprint density at radius 2 is 1.72 bits per heavy atom. The van der Waals surface area contributed by atoms with E-state index in [2.05, 4.69) is 20.0 Å². The summed E-state index contributed by atoms with van der Waals surface area (Å²) in [6.07, 6.45) is 7.42. The zero-order valence-electron chi connectivity index (χ0n) is 9.59. The highest BCUT2D eigenvalue weighted by molar-refractivity contribution is 8.13. The second-order valence-corrected chi connectivity index (χ2v) is 5.43. The molecule has 0 spiro atoms. The number of guanidine groups is 1. The molecule has 0 aromatic carbocycles. The van der Waals surface area contributed by atoms with Crippen LogP contribution >= 0.6 is 35.1 Å². The van der Waals surface area contributed by atoms with Gasteiger partial charge in [-0.3, -0.25) is 0 Å². The molecule has 0 N–H and O–H groups in total. The van der Waals surface area contributed by atoms with E-state index >= 15 is 0 Å². The second-order valence-electron chi connectivity index (χ2n) is 3.45. The summed E-state index contributed by atoms with van der Waals surface area (Å²) >= 11 is 9.02.